The topological polar surface area (TPSA) is 115 Å². The van der Waals surface area contributed by atoms with Crippen molar-refractivity contribution in [3.63, 3.8) is 0 Å². The highest BCUT2D eigenvalue weighted by atomic mass is 19.4. The second-order valence-electron chi connectivity index (χ2n) is 21.5. The Morgan fingerprint density at radius 1 is 0.901 bits per heavy atom. The van der Waals surface area contributed by atoms with E-state index in [0.717, 1.165) is 38.9 Å². The molecule has 0 radical (unpaired) electrons. The summed E-state index contributed by atoms with van der Waals surface area (Å²) in [6, 6.07) is 13.6. The van der Waals surface area contributed by atoms with E-state index in [-0.39, 0.29) is 77.5 Å². The number of piperazine rings is 1. The number of nitrogens with zero attached hydrogens (tertiary/aromatic N) is 7. The number of hydrogen-bond donors (Lipinski definition) is 0. The summed E-state index contributed by atoms with van der Waals surface area (Å²) < 4.78 is 112. The van der Waals surface area contributed by atoms with E-state index in [4.69, 9.17) is 28.7 Å². The maximum absolute atomic E-state index is 18.1. The number of fused-ring (bicyclic) bond motifs is 5. The van der Waals surface area contributed by atoms with E-state index in [1.165, 1.54) is 14.2 Å². The van der Waals surface area contributed by atoms with Gasteiger partial charge in [-0.05, 0) is 121 Å². The van der Waals surface area contributed by atoms with E-state index in [9.17, 15) is 4.79 Å². The van der Waals surface area contributed by atoms with Crippen LogP contribution in [0.15, 0.2) is 54.6 Å². The van der Waals surface area contributed by atoms with Gasteiger partial charge in [-0.25, -0.2) is 18.6 Å². The summed E-state index contributed by atoms with van der Waals surface area (Å²) in [5.74, 6) is -1.11. The number of hydrogen-bond acceptors (Lipinski definition) is 12. The number of anilines is 2. The van der Waals surface area contributed by atoms with Crippen LogP contribution in [0.3, 0.4) is 0 Å². The number of carbonyl (C=O) groups excluding carboxylic acids is 1. The van der Waals surface area contributed by atoms with Crippen molar-refractivity contribution >= 4 is 28.5 Å². The van der Waals surface area contributed by atoms with Crippen LogP contribution in [0.5, 0.6) is 23.4 Å². The normalized spacial score (nSPS) is 22.6. The molecule has 2 aromatic heterocycles. The molecule has 1 aliphatic carbocycles. The Morgan fingerprint density at radius 3 is 2.07 bits per heavy atom. The van der Waals surface area contributed by atoms with Crippen LogP contribution in [0.1, 0.15) is 89.5 Å². The van der Waals surface area contributed by atoms with E-state index in [1.54, 1.807) is 86.0 Å². The van der Waals surface area contributed by atoms with E-state index in [0.29, 0.717) is 35.5 Å². The van der Waals surface area contributed by atoms with Crippen molar-refractivity contribution in [1.82, 2.24) is 24.8 Å². The first kappa shape index (κ1) is 48.5. The van der Waals surface area contributed by atoms with Crippen LogP contribution in [0.25, 0.3) is 22.2 Å². The number of benzene rings is 3. The first-order chi connectivity index (χ1) is 33.6. The fourth-order valence-corrected chi connectivity index (χ4v) is 10.8. The molecule has 0 N–H and O–H groups in total. The Balaban J connectivity index is 1.13. The number of methoxy groups -OCH3 is 2. The molecule has 0 spiro atoms. The van der Waals surface area contributed by atoms with Gasteiger partial charge in [-0.3, -0.25) is 9.80 Å². The summed E-state index contributed by atoms with van der Waals surface area (Å²) in [5.41, 5.74) is -3.59. The maximum Gasteiger partial charge on any atom is 0.417 e. The van der Waals surface area contributed by atoms with Crippen LogP contribution in [0, 0.1) is 24.0 Å². The quantitative estimate of drug-likeness (QED) is 0.0826. The molecular weight excluding hydrogens is 926 g/mol. The highest BCUT2D eigenvalue weighted by Gasteiger charge is 2.55. The van der Waals surface area contributed by atoms with Gasteiger partial charge in [0.15, 0.2) is 5.82 Å². The summed E-state index contributed by atoms with van der Waals surface area (Å²) in [4.78, 5) is 35.8. The minimum Gasteiger partial charge on any atom is -0.497 e. The number of carbonyl (C=O) groups is 1. The van der Waals surface area contributed by atoms with Crippen LogP contribution >= 0.6 is 0 Å². The average Bonchev–Trinajstić information content (AvgIpc) is 4.19. The Hall–Kier alpha value is -6.17. The van der Waals surface area contributed by atoms with Crippen molar-refractivity contribution < 1.29 is 50.4 Å². The van der Waals surface area contributed by atoms with Gasteiger partial charge in [-0.2, -0.15) is 23.1 Å². The van der Waals surface area contributed by atoms with Crippen molar-refractivity contribution in [3.8, 4) is 34.6 Å². The fraction of sp³-hybridized carbons (Fsp3) is 0.509. The van der Waals surface area contributed by atoms with Gasteiger partial charge in [0, 0.05) is 49.2 Å². The molecule has 4 fully saturated rings. The molecule has 18 heteroatoms. The van der Waals surface area contributed by atoms with Gasteiger partial charge in [0.05, 0.1) is 50.2 Å². The highest BCUT2D eigenvalue weighted by molar-refractivity contribution is 5.98. The number of alkyl halides is 3. The van der Waals surface area contributed by atoms with Crippen LogP contribution < -0.4 is 28.7 Å². The van der Waals surface area contributed by atoms with E-state index in [2.05, 4.69) is 28.7 Å². The molecule has 1 saturated carbocycles. The zero-order valence-electron chi connectivity index (χ0n) is 41.5. The predicted octanol–water partition coefficient (Wildman–Crippen LogP) is 10.5. The Bertz CT molecular complexity index is 2820. The molecule has 3 saturated heterocycles. The standard InChI is InChI=1S/C53H60F5N7O6/c1-29-40(53(56,57)58)36(22-38(41(29)54)62(23-31-10-15-34(67-8)16-11-31)24-32-12-17-35(68-9)18-13-32)43-42(55)44-39-46(61-48(60-44)69-28-52(20-21-52)27-63-26-51(63,6)7)64-25-33-14-19-37(45(64)30(2)70-47(39)59-43)65(33)49(66)71-50(3,4)5/h10-13,15-18,22,30,33,37,45H,14,19-21,23-28H2,1-9H3/t30-,33+,37-,45+,63?/m0/s1. The molecule has 3 aromatic carbocycles. The molecular formula is C53H60F5N7O6. The maximum atomic E-state index is 18.1. The number of ether oxygens (including phenoxy) is 5. The number of aromatic nitrogens is 3. The second kappa shape index (κ2) is 17.5. The molecule has 71 heavy (non-hydrogen) atoms. The van der Waals surface area contributed by atoms with E-state index >= 15 is 22.0 Å². The van der Waals surface area contributed by atoms with Crippen molar-refractivity contribution in [2.24, 2.45) is 5.41 Å². The summed E-state index contributed by atoms with van der Waals surface area (Å²) in [7, 11) is 3.06. The van der Waals surface area contributed by atoms with Crippen molar-refractivity contribution in [1.29, 1.82) is 0 Å². The van der Waals surface area contributed by atoms with Crippen molar-refractivity contribution in [2.45, 2.75) is 129 Å². The predicted molar refractivity (Wildman–Crippen MR) is 257 cm³/mol. The molecule has 5 atom stereocenters. The van der Waals surface area contributed by atoms with Crippen LogP contribution in [-0.2, 0) is 24.0 Å². The summed E-state index contributed by atoms with van der Waals surface area (Å²) in [6.45, 7) is 15.0. The molecule has 5 aliphatic rings. The van der Waals surface area contributed by atoms with E-state index in [1.807, 2.05) is 4.90 Å². The number of pyridine rings is 1. The average molecular weight is 986 g/mol. The van der Waals surface area contributed by atoms with Gasteiger partial charge < -0.3 is 33.5 Å². The lowest BCUT2D eigenvalue weighted by atomic mass is 9.95. The minimum absolute atomic E-state index is 0.0461. The van der Waals surface area contributed by atoms with E-state index < -0.39 is 70.1 Å². The molecule has 1 amide bonds. The van der Waals surface area contributed by atoms with Gasteiger partial charge in [0.25, 0.3) is 0 Å². The number of halogens is 5. The largest absolute Gasteiger partial charge is 0.497 e. The number of rotatable bonds is 13. The van der Waals surface area contributed by atoms with Crippen molar-refractivity contribution in [2.75, 3.05) is 50.3 Å². The molecule has 4 aliphatic heterocycles. The van der Waals surface area contributed by atoms with Gasteiger partial charge in [-0.1, -0.05) is 24.3 Å². The third-order valence-corrected chi connectivity index (χ3v) is 14.8. The first-order valence-electron chi connectivity index (χ1n) is 24.2. The monoisotopic (exact) mass is 985 g/mol. The molecule has 1 unspecified atom stereocenters. The Kier molecular flexibility index (Phi) is 12.0. The Morgan fingerprint density at radius 2 is 1.52 bits per heavy atom. The highest BCUT2D eigenvalue weighted by Crippen LogP contribution is 2.52. The van der Waals surface area contributed by atoms with Gasteiger partial charge in [0.1, 0.15) is 51.4 Å². The summed E-state index contributed by atoms with van der Waals surface area (Å²) in [5, 5.41) is 0.0540. The van der Waals surface area contributed by atoms with Gasteiger partial charge in [-0.15, -0.1) is 0 Å². The fourth-order valence-electron chi connectivity index (χ4n) is 10.8. The zero-order chi connectivity index (χ0) is 50.5. The molecule has 10 rings (SSSR count). The first-order valence-corrected chi connectivity index (χ1v) is 24.2. The van der Waals surface area contributed by atoms with Crippen LogP contribution in [0.2, 0.25) is 0 Å². The lowest BCUT2D eigenvalue weighted by molar-refractivity contribution is -0.137. The molecule has 2 bridgehead atoms. The lowest BCUT2D eigenvalue weighted by Crippen LogP contribution is -2.65. The SMILES string of the molecule is COc1ccc(CN(Cc2ccc(OC)cc2)c2cc(-c3nc4c5c(nc(OCC6(CN7CC7(C)C)CC6)nc5c3F)N3C[C@H]5CC[C@@H]([C@H]3[C@H](C)O4)N5C(=O)OC(C)(C)C)c(C(F)(F)F)c(C)c2F)cc1. The third-order valence-electron chi connectivity index (χ3n) is 14.8. The van der Waals surface area contributed by atoms with Crippen LogP contribution in [-0.4, -0.2) is 107 Å². The zero-order valence-corrected chi connectivity index (χ0v) is 41.5. The van der Waals surface area contributed by atoms with Crippen molar-refractivity contribution in [3.05, 3.63) is 88.5 Å². The third kappa shape index (κ3) is 9.20. The molecule has 5 aromatic rings. The summed E-state index contributed by atoms with van der Waals surface area (Å²) in [6.07, 6.45) is -3.31. The van der Waals surface area contributed by atoms with Gasteiger partial charge in [0.2, 0.25) is 5.88 Å². The smallest absolute Gasteiger partial charge is 0.417 e. The molecule has 6 heterocycles. The van der Waals surface area contributed by atoms with Gasteiger partial charge >= 0.3 is 18.3 Å². The number of amides is 1. The molecule has 13 nitrogen and oxygen atoms in total. The minimum atomic E-state index is -5.16. The second-order valence-corrected chi connectivity index (χ2v) is 21.5. The van der Waals surface area contributed by atoms with Crippen LogP contribution in [0.4, 0.5) is 38.3 Å². The molecule has 378 valence electrons. The lowest BCUT2D eigenvalue weighted by Gasteiger charge is -2.48. The summed E-state index contributed by atoms with van der Waals surface area (Å²) >= 11 is 0. The Labute approximate surface area is 410 Å².